The third-order valence-corrected chi connectivity index (χ3v) is 6.67. The summed E-state index contributed by atoms with van der Waals surface area (Å²) in [4.78, 5) is 6.80. The molecule has 0 aliphatic carbocycles. The van der Waals surface area contributed by atoms with E-state index in [2.05, 4.69) is 22.0 Å². The Kier molecular flexibility index (Phi) is 4.73. The number of nitrogens with zero attached hydrogens (tertiary/aromatic N) is 2. The second-order valence-corrected chi connectivity index (χ2v) is 8.76. The molecule has 0 saturated heterocycles. The molecule has 0 aromatic heterocycles. The van der Waals surface area contributed by atoms with Gasteiger partial charge in [-0.1, -0.05) is 72.8 Å². The first-order chi connectivity index (χ1) is 16.6. The van der Waals surface area contributed by atoms with E-state index in [-0.39, 0.29) is 11.5 Å². The monoisotopic (exact) mass is 444 g/mol. The Labute approximate surface area is 198 Å². The van der Waals surface area contributed by atoms with Gasteiger partial charge >= 0.3 is 0 Å². The van der Waals surface area contributed by atoms with Gasteiger partial charge in [-0.05, 0) is 45.3 Å². The van der Waals surface area contributed by atoms with E-state index in [9.17, 15) is 10.2 Å². The lowest BCUT2D eigenvalue weighted by atomic mass is 9.88. The molecule has 4 heteroatoms. The van der Waals surface area contributed by atoms with Crippen LogP contribution < -0.4 is 0 Å². The maximum Gasteiger partial charge on any atom is 0.132 e. The Morgan fingerprint density at radius 3 is 2.18 bits per heavy atom. The molecule has 0 spiro atoms. The van der Waals surface area contributed by atoms with Crippen molar-refractivity contribution in [2.24, 2.45) is 4.99 Å². The van der Waals surface area contributed by atoms with E-state index in [1.807, 2.05) is 79.8 Å². The van der Waals surface area contributed by atoms with Gasteiger partial charge in [-0.2, -0.15) is 0 Å². The zero-order valence-corrected chi connectivity index (χ0v) is 18.9. The molecule has 1 heterocycles. The molecule has 0 bridgehead atoms. The molecule has 0 atom stereocenters. The largest absolute Gasteiger partial charge is 0.507 e. The maximum atomic E-state index is 11.7. The third kappa shape index (κ3) is 3.19. The average Bonchev–Trinajstić information content (AvgIpc) is 3.30. The summed E-state index contributed by atoms with van der Waals surface area (Å²) in [6.45, 7) is 1.70. The van der Waals surface area contributed by atoms with Gasteiger partial charge in [0.1, 0.15) is 17.3 Å². The van der Waals surface area contributed by atoms with Gasteiger partial charge in [0.25, 0.3) is 0 Å². The van der Waals surface area contributed by atoms with Gasteiger partial charge in [-0.25, -0.2) is 0 Å². The highest BCUT2D eigenvalue weighted by Gasteiger charge is 2.21. The molecule has 0 radical (unpaired) electrons. The highest BCUT2D eigenvalue weighted by atomic mass is 16.3. The van der Waals surface area contributed by atoms with Crippen molar-refractivity contribution in [1.82, 2.24) is 4.90 Å². The first-order valence-electron chi connectivity index (χ1n) is 11.4. The third-order valence-electron chi connectivity index (χ3n) is 6.67. The number of rotatable bonds is 3. The van der Waals surface area contributed by atoms with Crippen molar-refractivity contribution in [1.29, 1.82) is 0 Å². The van der Waals surface area contributed by atoms with E-state index in [1.54, 1.807) is 6.07 Å². The fraction of sp³-hybridized carbons (Fsp3) is 0.100. The fourth-order valence-electron chi connectivity index (χ4n) is 5.00. The maximum absolute atomic E-state index is 11.7. The lowest BCUT2D eigenvalue weighted by Crippen LogP contribution is -2.23. The topological polar surface area (TPSA) is 56.1 Å². The molecule has 0 amide bonds. The standard InChI is InChI=1S/C30H24N2O2/c1-32-16-15-31-30(32)22-10-6-9-20(17-22)25-18-21-8-3-5-12-24(21)28(29(25)34)27-23-11-4-2-7-19(23)13-14-26(27)33/h2-14,17-18,33-34H,15-16H2,1H3. The average molecular weight is 445 g/mol. The summed E-state index contributed by atoms with van der Waals surface area (Å²) in [6, 6.07) is 29.7. The minimum Gasteiger partial charge on any atom is -0.507 e. The first kappa shape index (κ1) is 20.3. The SMILES string of the molecule is CN1CCN=C1c1cccc(-c2cc3ccccc3c(-c3c(O)ccc4ccccc34)c2O)c1. The van der Waals surface area contributed by atoms with Gasteiger partial charge in [0.15, 0.2) is 0 Å². The van der Waals surface area contributed by atoms with Crippen molar-refractivity contribution >= 4 is 27.4 Å². The van der Waals surface area contributed by atoms with Crippen LogP contribution in [0.4, 0.5) is 0 Å². The van der Waals surface area contributed by atoms with Crippen LogP contribution in [-0.4, -0.2) is 41.1 Å². The number of hydrogen-bond acceptors (Lipinski definition) is 4. The van der Waals surface area contributed by atoms with E-state index in [4.69, 9.17) is 0 Å². The van der Waals surface area contributed by atoms with Crippen molar-refractivity contribution in [2.45, 2.75) is 0 Å². The zero-order valence-electron chi connectivity index (χ0n) is 18.9. The van der Waals surface area contributed by atoms with Crippen LogP contribution in [0.5, 0.6) is 11.5 Å². The summed E-state index contributed by atoms with van der Waals surface area (Å²) in [7, 11) is 2.05. The predicted octanol–water partition coefficient (Wildman–Crippen LogP) is 6.43. The van der Waals surface area contributed by atoms with Crippen molar-refractivity contribution < 1.29 is 10.2 Å². The summed E-state index contributed by atoms with van der Waals surface area (Å²) >= 11 is 0. The van der Waals surface area contributed by atoms with Crippen LogP contribution >= 0.6 is 0 Å². The molecule has 5 aromatic rings. The van der Waals surface area contributed by atoms with Crippen molar-refractivity contribution in [3.8, 4) is 33.8 Å². The van der Waals surface area contributed by atoms with E-state index >= 15 is 0 Å². The Balaban J connectivity index is 1.65. The van der Waals surface area contributed by atoms with Crippen LogP contribution in [0.15, 0.2) is 96.0 Å². The van der Waals surface area contributed by atoms with Gasteiger partial charge in [0, 0.05) is 35.8 Å². The minimum absolute atomic E-state index is 0.145. The summed E-state index contributed by atoms with van der Waals surface area (Å²) in [5.74, 6) is 1.27. The van der Waals surface area contributed by atoms with Crippen LogP contribution in [0.3, 0.4) is 0 Å². The number of likely N-dealkylation sites (N-methyl/N-ethyl adjacent to an activating group) is 1. The molecule has 34 heavy (non-hydrogen) atoms. The second kappa shape index (κ2) is 7.92. The molecule has 2 N–H and O–H groups in total. The van der Waals surface area contributed by atoms with Crippen LogP contribution in [0.25, 0.3) is 43.8 Å². The van der Waals surface area contributed by atoms with Crippen LogP contribution in [0, 0.1) is 0 Å². The fourth-order valence-corrected chi connectivity index (χ4v) is 5.00. The van der Waals surface area contributed by atoms with Gasteiger partial charge in [0.05, 0.1) is 6.54 Å². The second-order valence-electron chi connectivity index (χ2n) is 8.76. The number of phenolic OH excluding ortho intramolecular Hbond substituents is 2. The number of amidine groups is 1. The van der Waals surface area contributed by atoms with Crippen LogP contribution in [-0.2, 0) is 0 Å². The molecule has 4 nitrogen and oxygen atoms in total. The Morgan fingerprint density at radius 2 is 1.41 bits per heavy atom. The summed E-state index contributed by atoms with van der Waals surface area (Å²) < 4.78 is 0. The van der Waals surface area contributed by atoms with Gasteiger partial charge in [-0.15, -0.1) is 0 Å². The summed E-state index contributed by atoms with van der Waals surface area (Å²) in [5, 5.41) is 26.5. The number of benzene rings is 5. The molecule has 1 aliphatic heterocycles. The Morgan fingerprint density at radius 1 is 0.706 bits per heavy atom. The van der Waals surface area contributed by atoms with Crippen LogP contribution in [0.1, 0.15) is 5.56 Å². The molecule has 6 rings (SSSR count). The number of hydrogen-bond donors (Lipinski definition) is 2. The van der Waals surface area contributed by atoms with E-state index in [1.165, 1.54) is 0 Å². The number of fused-ring (bicyclic) bond motifs is 2. The molecule has 0 fully saturated rings. The van der Waals surface area contributed by atoms with Gasteiger partial charge in [-0.3, -0.25) is 4.99 Å². The zero-order chi connectivity index (χ0) is 23.2. The molecule has 1 aliphatic rings. The van der Waals surface area contributed by atoms with E-state index in [0.717, 1.165) is 57.2 Å². The van der Waals surface area contributed by atoms with Crippen molar-refractivity contribution in [3.63, 3.8) is 0 Å². The molecule has 0 unspecified atom stereocenters. The first-order valence-corrected chi connectivity index (χ1v) is 11.4. The van der Waals surface area contributed by atoms with Crippen LogP contribution in [0.2, 0.25) is 0 Å². The summed E-state index contributed by atoms with van der Waals surface area (Å²) in [5.41, 5.74) is 3.95. The normalized spacial score (nSPS) is 13.6. The predicted molar refractivity (Wildman–Crippen MR) is 140 cm³/mol. The number of aliphatic imine (C=N–C) groups is 1. The van der Waals surface area contributed by atoms with E-state index < -0.39 is 0 Å². The quantitative estimate of drug-likeness (QED) is 0.337. The van der Waals surface area contributed by atoms with Gasteiger partial charge in [0.2, 0.25) is 0 Å². The lowest BCUT2D eigenvalue weighted by Gasteiger charge is -2.18. The van der Waals surface area contributed by atoms with E-state index in [0.29, 0.717) is 11.1 Å². The minimum atomic E-state index is 0.145. The van der Waals surface area contributed by atoms with Crippen molar-refractivity contribution in [2.75, 3.05) is 20.1 Å². The molecule has 0 saturated carbocycles. The number of phenols is 2. The highest BCUT2D eigenvalue weighted by molar-refractivity contribution is 6.12. The Hall–Kier alpha value is -4.31. The Bertz CT molecular complexity index is 1600. The van der Waals surface area contributed by atoms with Gasteiger partial charge < -0.3 is 15.1 Å². The lowest BCUT2D eigenvalue weighted by molar-refractivity contribution is 0.471. The number of aromatic hydroxyl groups is 2. The molecular formula is C30H24N2O2. The summed E-state index contributed by atoms with van der Waals surface area (Å²) in [6.07, 6.45) is 0. The molecule has 166 valence electrons. The van der Waals surface area contributed by atoms with Crippen molar-refractivity contribution in [3.05, 3.63) is 96.6 Å². The smallest absolute Gasteiger partial charge is 0.132 e. The highest BCUT2D eigenvalue weighted by Crippen LogP contribution is 2.48. The molecular weight excluding hydrogens is 420 g/mol. The molecule has 5 aromatic carbocycles.